The van der Waals surface area contributed by atoms with Crippen LogP contribution in [0.25, 0.3) is 0 Å². The summed E-state index contributed by atoms with van der Waals surface area (Å²) < 4.78 is 0. The summed E-state index contributed by atoms with van der Waals surface area (Å²) in [4.78, 5) is 11.7. The number of aromatic nitrogens is 2. The van der Waals surface area contributed by atoms with Crippen molar-refractivity contribution < 1.29 is 0 Å². The topological polar surface area (TPSA) is 55.0 Å². The molecule has 0 aromatic carbocycles. The molecule has 2 N–H and O–H groups in total. The lowest BCUT2D eigenvalue weighted by Gasteiger charge is -2.28. The van der Waals surface area contributed by atoms with Crippen molar-refractivity contribution in [1.29, 1.82) is 0 Å². The van der Waals surface area contributed by atoms with E-state index >= 15 is 0 Å². The number of hydrogen-bond acceptors (Lipinski definition) is 4. The molecular formula is C13H22N4S. The van der Waals surface area contributed by atoms with Gasteiger partial charge >= 0.3 is 0 Å². The summed E-state index contributed by atoms with van der Waals surface area (Å²) in [6, 6.07) is 2.41. The summed E-state index contributed by atoms with van der Waals surface area (Å²) in [6.07, 6.45) is 1.62. The zero-order valence-corrected chi connectivity index (χ0v) is 12.4. The number of anilines is 1. The van der Waals surface area contributed by atoms with Gasteiger partial charge < -0.3 is 10.6 Å². The minimum absolute atomic E-state index is 0.360. The van der Waals surface area contributed by atoms with Gasteiger partial charge in [0.05, 0.1) is 4.99 Å². The Morgan fingerprint density at radius 1 is 1.44 bits per heavy atom. The second-order valence-electron chi connectivity index (χ2n) is 4.62. The van der Waals surface area contributed by atoms with Crippen molar-refractivity contribution in [2.24, 2.45) is 5.73 Å². The molecule has 100 valence electrons. The second-order valence-corrected chi connectivity index (χ2v) is 5.15. The Bertz CT molecular complexity index is 417. The Balaban J connectivity index is 2.97. The van der Waals surface area contributed by atoms with E-state index in [9.17, 15) is 0 Å². The molecule has 1 aromatic rings. The van der Waals surface area contributed by atoms with Crippen LogP contribution >= 0.6 is 12.2 Å². The number of hydrogen-bond donors (Lipinski definition) is 1. The van der Waals surface area contributed by atoms with Gasteiger partial charge in [-0.3, -0.25) is 0 Å². The normalized spacial score (nSPS) is 10.7. The summed E-state index contributed by atoms with van der Waals surface area (Å²) in [5.41, 5.74) is 6.64. The Kier molecular flexibility index (Phi) is 5.47. The fourth-order valence-electron chi connectivity index (χ4n) is 1.81. The maximum Gasteiger partial charge on any atom is 0.132 e. The molecule has 0 bridgehead atoms. The molecule has 0 aliphatic rings. The van der Waals surface area contributed by atoms with Crippen molar-refractivity contribution in [2.45, 2.75) is 46.6 Å². The maximum absolute atomic E-state index is 5.58. The van der Waals surface area contributed by atoms with Crippen molar-refractivity contribution in [2.75, 3.05) is 11.4 Å². The van der Waals surface area contributed by atoms with Crippen LogP contribution < -0.4 is 10.6 Å². The van der Waals surface area contributed by atoms with E-state index in [-0.39, 0.29) is 0 Å². The highest BCUT2D eigenvalue weighted by Crippen LogP contribution is 2.16. The summed E-state index contributed by atoms with van der Waals surface area (Å²) in [6.45, 7) is 9.10. The lowest BCUT2D eigenvalue weighted by atomic mass is 10.2. The zero-order valence-electron chi connectivity index (χ0n) is 11.6. The largest absolute Gasteiger partial charge is 0.393 e. The Morgan fingerprint density at radius 3 is 2.61 bits per heavy atom. The minimum atomic E-state index is 0.360. The van der Waals surface area contributed by atoms with Crippen LogP contribution in [-0.4, -0.2) is 27.5 Å². The average Bonchev–Trinajstić information content (AvgIpc) is 2.27. The van der Waals surface area contributed by atoms with Crippen molar-refractivity contribution in [3.8, 4) is 0 Å². The highest BCUT2D eigenvalue weighted by molar-refractivity contribution is 7.80. The molecule has 0 aliphatic carbocycles. The number of nitrogens with two attached hydrogens (primary N) is 1. The highest BCUT2D eigenvalue weighted by Gasteiger charge is 2.13. The molecule has 4 nitrogen and oxygen atoms in total. The first kappa shape index (κ1) is 14.8. The molecule has 0 saturated heterocycles. The van der Waals surface area contributed by atoms with Gasteiger partial charge in [0, 0.05) is 30.8 Å². The SMILES string of the molecule is CCc1cc(N(CCC(N)=S)C(C)C)nc(C)n1. The van der Waals surface area contributed by atoms with Crippen molar-refractivity contribution >= 4 is 23.0 Å². The van der Waals surface area contributed by atoms with E-state index in [1.165, 1.54) is 0 Å². The number of thiocarbonyl (C=S) groups is 1. The quantitative estimate of drug-likeness (QED) is 0.800. The molecule has 0 saturated carbocycles. The van der Waals surface area contributed by atoms with Gasteiger partial charge in [0.2, 0.25) is 0 Å². The molecule has 0 atom stereocenters. The van der Waals surface area contributed by atoms with Gasteiger partial charge in [-0.1, -0.05) is 19.1 Å². The predicted molar refractivity (Wildman–Crippen MR) is 80.0 cm³/mol. The molecule has 1 rings (SSSR count). The van der Waals surface area contributed by atoms with Gasteiger partial charge in [-0.25, -0.2) is 9.97 Å². The van der Waals surface area contributed by atoms with E-state index in [0.717, 1.165) is 30.3 Å². The van der Waals surface area contributed by atoms with E-state index in [2.05, 4.69) is 35.6 Å². The highest BCUT2D eigenvalue weighted by atomic mass is 32.1. The molecule has 0 spiro atoms. The maximum atomic E-state index is 5.58. The summed E-state index contributed by atoms with van der Waals surface area (Å²) in [5, 5.41) is 0. The van der Waals surface area contributed by atoms with E-state index in [1.807, 2.05) is 13.0 Å². The third-order valence-corrected chi connectivity index (χ3v) is 2.96. The number of nitrogens with zero attached hydrogens (tertiary/aromatic N) is 3. The minimum Gasteiger partial charge on any atom is -0.393 e. The van der Waals surface area contributed by atoms with Crippen LogP contribution in [0.5, 0.6) is 0 Å². The molecule has 5 heteroatoms. The monoisotopic (exact) mass is 266 g/mol. The van der Waals surface area contributed by atoms with Crippen LogP contribution in [0.1, 0.15) is 38.7 Å². The van der Waals surface area contributed by atoms with Gasteiger partial charge in [-0.05, 0) is 27.2 Å². The third kappa shape index (κ3) is 4.22. The van der Waals surface area contributed by atoms with Gasteiger partial charge in [0.1, 0.15) is 11.6 Å². The van der Waals surface area contributed by atoms with E-state index < -0.39 is 0 Å². The van der Waals surface area contributed by atoms with E-state index in [4.69, 9.17) is 18.0 Å². The summed E-state index contributed by atoms with van der Waals surface area (Å²) in [5.74, 6) is 1.77. The summed E-state index contributed by atoms with van der Waals surface area (Å²) >= 11 is 4.94. The van der Waals surface area contributed by atoms with E-state index in [1.54, 1.807) is 0 Å². The molecule has 0 radical (unpaired) electrons. The first-order valence-corrected chi connectivity index (χ1v) is 6.74. The number of aryl methyl sites for hydroxylation is 2. The Morgan fingerprint density at radius 2 is 2.11 bits per heavy atom. The van der Waals surface area contributed by atoms with Crippen LogP contribution in [0.15, 0.2) is 6.07 Å². The van der Waals surface area contributed by atoms with Crippen molar-refractivity contribution in [3.63, 3.8) is 0 Å². The lowest BCUT2D eigenvalue weighted by Crippen LogP contribution is -2.34. The predicted octanol–water partition coefficient (Wildman–Crippen LogP) is 2.24. The van der Waals surface area contributed by atoms with Gasteiger partial charge in [-0.2, -0.15) is 0 Å². The first-order valence-electron chi connectivity index (χ1n) is 6.33. The third-order valence-electron chi connectivity index (χ3n) is 2.76. The first-order chi connectivity index (χ1) is 8.43. The number of rotatable bonds is 6. The second kappa shape index (κ2) is 6.64. The van der Waals surface area contributed by atoms with Crippen LogP contribution in [0.3, 0.4) is 0 Å². The standard InChI is InChI=1S/C13H22N4S/c1-5-11-8-13(16-10(4)15-11)17(9(2)3)7-6-12(14)18/h8-9H,5-7H2,1-4H3,(H2,14,18). The van der Waals surface area contributed by atoms with Crippen LogP contribution in [-0.2, 0) is 6.42 Å². The lowest BCUT2D eigenvalue weighted by molar-refractivity contribution is 0.676. The fourth-order valence-corrected chi connectivity index (χ4v) is 1.90. The Labute approximate surface area is 115 Å². The molecule has 1 heterocycles. The van der Waals surface area contributed by atoms with Gasteiger partial charge in [-0.15, -0.1) is 0 Å². The molecule has 1 aromatic heterocycles. The molecular weight excluding hydrogens is 244 g/mol. The molecule has 0 fully saturated rings. The summed E-state index contributed by atoms with van der Waals surface area (Å²) in [7, 11) is 0. The molecule has 0 aliphatic heterocycles. The molecule has 0 unspecified atom stereocenters. The van der Waals surface area contributed by atoms with Gasteiger partial charge in [0.15, 0.2) is 0 Å². The molecule has 0 amide bonds. The van der Waals surface area contributed by atoms with Crippen LogP contribution in [0, 0.1) is 6.92 Å². The van der Waals surface area contributed by atoms with Gasteiger partial charge in [0.25, 0.3) is 0 Å². The smallest absolute Gasteiger partial charge is 0.132 e. The molecule has 18 heavy (non-hydrogen) atoms. The van der Waals surface area contributed by atoms with Crippen molar-refractivity contribution in [1.82, 2.24) is 9.97 Å². The average molecular weight is 266 g/mol. The fraction of sp³-hybridized carbons (Fsp3) is 0.615. The Hall–Kier alpha value is -1.23. The van der Waals surface area contributed by atoms with Crippen LogP contribution in [0.4, 0.5) is 5.82 Å². The van der Waals surface area contributed by atoms with E-state index in [0.29, 0.717) is 17.5 Å². The zero-order chi connectivity index (χ0) is 13.7. The van der Waals surface area contributed by atoms with Crippen LogP contribution in [0.2, 0.25) is 0 Å². The van der Waals surface area contributed by atoms with Crippen molar-refractivity contribution in [3.05, 3.63) is 17.6 Å².